The maximum Gasteiger partial charge on any atom is 0.309 e. The van der Waals surface area contributed by atoms with Crippen LogP contribution in [0.25, 0.3) is 0 Å². The lowest BCUT2D eigenvalue weighted by Gasteiger charge is -2.18. The highest BCUT2D eigenvalue weighted by atomic mass is 127. The van der Waals surface area contributed by atoms with Gasteiger partial charge in [0, 0.05) is 36.7 Å². The van der Waals surface area contributed by atoms with Gasteiger partial charge in [0.1, 0.15) is 0 Å². The fourth-order valence-electron chi connectivity index (χ4n) is 0.892. The van der Waals surface area contributed by atoms with E-state index in [1.807, 2.05) is 21.2 Å². The van der Waals surface area contributed by atoms with Gasteiger partial charge in [-0.2, -0.15) is 0 Å². The molecule has 0 aromatic carbocycles. The monoisotopic (exact) mass is 331 g/mol. The average Bonchev–Trinajstić information content (AvgIpc) is 2.04. The van der Waals surface area contributed by atoms with Crippen molar-refractivity contribution in [2.45, 2.75) is 33.1 Å². The summed E-state index contributed by atoms with van der Waals surface area (Å²) >= 11 is 1.97. The molecule has 14 heavy (non-hydrogen) atoms. The van der Waals surface area contributed by atoms with E-state index in [4.69, 9.17) is 5.11 Å². The molecule has 0 saturated heterocycles. The Labute approximate surface area is 99.9 Å². The first kappa shape index (κ1) is 14.0. The van der Waals surface area contributed by atoms with Crippen molar-refractivity contribution >= 4 is 42.2 Å². The Morgan fingerprint density at radius 1 is 1.50 bits per heavy atom. The molecule has 0 bridgehead atoms. The van der Waals surface area contributed by atoms with E-state index < -0.39 is 11.4 Å². The average molecular weight is 331 g/mol. The van der Waals surface area contributed by atoms with Crippen LogP contribution in [0.4, 0.5) is 0 Å². The van der Waals surface area contributed by atoms with Crippen LogP contribution in [0, 0.1) is 5.41 Å². The molecular formula is C8H14INO3S. The maximum atomic E-state index is 11.0. The molecule has 0 unspecified atom stereocenters. The van der Waals surface area contributed by atoms with Gasteiger partial charge in [0.15, 0.2) is 0 Å². The van der Waals surface area contributed by atoms with Gasteiger partial charge in [-0.25, -0.2) is 0 Å². The Hall–Kier alpha value is 0.0200. The number of rotatable bonds is 6. The van der Waals surface area contributed by atoms with Crippen molar-refractivity contribution in [2.24, 2.45) is 5.41 Å². The van der Waals surface area contributed by atoms with E-state index in [-0.39, 0.29) is 5.91 Å². The number of nitrogens with one attached hydrogen (secondary N) is 1. The largest absolute Gasteiger partial charge is 0.481 e. The zero-order valence-corrected chi connectivity index (χ0v) is 11.1. The number of aliphatic carboxylic acids is 1. The van der Waals surface area contributed by atoms with Gasteiger partial charge in [-0.15, -0.1) is 0 Å². The van der Waals surface area contributed by atoms with Crippen molar-refractivity contribution in [1.82, 2.24) is 4.72 Å². The number of carbonyl (C=O) groups is 2. The smallest absolute Gasteiger partial charge is 0.309 e. The Morgan fingerprint density at radius 3 is 2.50 bits per heavy atom. The second kappa shape index (κ2) is 6.49. The fraction of sp³-hybridized carbons (Fsp3) is 0.750. The first-order valence-electron chi connectivity index (χ1n) is 4.20. The SMILES string of the molecule is CC(C)(CCCC(=O)NSI)C(=O)O. The second-order valence-electron chi connectivity index (χ2n) is 3.64. The van der Waals surface area contributed by atoms with E-state index in [2.05, 4.69) is 4.72 Å². The molecule has 0 atom stereocenters. The van der Waals surface area contributed by atoms with Crippen LogP contribution in [0.2, 0.25) is 0 Å². The number of carbonyl (C=O) groups excluding carboxylic acids is 1. The van der Waals surface area contributed by atoms with E-state index in [9.17, 15) is 9.59 Å². The van der Waals surface area contributed by atoms with Gasteiger partial charge in [-0.1, -0.05) is 0 Å². The third-order valence-electron chi connectivity index (χ3n) is 1.94. The first-order chi connectivity index (χ1) is 6.40. The summed E-state index contributed by atoms with van der Waals surface area (Å²) in [7, 11) is 1.23. The molecule has 0 saturated carbocycles. The molecule has 2 N–H and O–H groups in total. The number of hydrogen-bond acceptors (Lipinski definition) is 3. The minimum Gasteiger partial charge on any atom is -0.481 e. The third kappa shape index (κ3) is 5.69. The van der Waals surface area contributed by atoms with E-state index in [1.165, 1.54) is 9.12 Å². The van der Waals surface area contributed by atoms with Crippen LogP contribution in [0.3, 0.4) is 0 Å². The van der Waals surface area contributed by atoms with E-state index >= 15 is 0 Å². The van der Waals surface area contributed by atoms with Crippen molar-refractivity contribution in [3.63, 3.8) is 0 Å². The molecule has 82 valence electrons. The predicted molar refractivity (Wildman–Crippen MR) is 65.0 cm³/mol. The Balaban J connectivity index is 3.74. The van der Waals surface area contributed by atoms with Crippen LogP contribution >= 0.6 is 30.3 Å². The zero-order chi connectivity index (χ0) is 11.2. The number of amides is 1. The summed E-state index contributed by atoms with van der Waals surface area (Å²) in [6, 6.07) is 0. The maximum absolute atomic E-state index is 11.0. The third-order valence-corrected chi connectivity index (χ3v) is 2.90. The van der Waals surface area contributed by atoms with Crippen molar-refractivity contribution < 1.29 is 14.7 Å². The van der Waals surface area contributed by atoms with Crippen LogP contribution in [-0.4, -0.2) is 17.0 Å². The van der Waals surface area contributed by atoms with Gasteiger partial charge in [-0.3, -0.25) is 14.3 Å². The summed E-state index contributed by atoms with van der Waals surface area (Å²) in [6.45, 7) is 3.33. The van der Waals surface area contributed by atoms with Crippen molar-refractivity contribution in [3.05, 3.63) is 0 Å². The summed E-state index contributed by atoms with van der Waals surface area (Å²) in [5.41, 5.74) is -0.738. The van der Waals surface area contributed by atoms with E-state index in [1.54, 1.807) is 13.8 Å². The molecule has 0 aliphatic heterocycles. The van der Waals surface area contributed by atoms with Crippen molar-refractivity contribution in [3.8, 4) is 0 Å². The lowest BCUT2D eigenvalue weighted by Crippen LogP contribution is -2.24. The number of halogens is 1. The summed E-state index contributed by atoms with van der Waals surface area (Å²) < 4.78 is 2.58. The fourth-order valence-corrected chi connectivity index (χ4v) is 1.82. The van der Waals surface area contributed by atoms with Crippen LogP contribution in [0.15, 0.2) is 0 Å². The lowest BCUT2D eigenvalue weighted by atomic mass is 9.87. The second-order valence-corrected chi connectivity index (χ2v) is 5.32. The predicted octanol–water partition coefficient (Wildman–Crippen LogP) is 2.38. The Bertz CT molecular complexity index is 221. The highest BCUT2D eigenvalue weighted by Gasteiger charge is 2.26. The summed E-state index contributed by atoms with van der Waals surface area (Å²) in [4.78, 5) is 21.7. The lowest BCUT2D eigenvalue weighted by molar-refractivity contribution is -0.147. The highest BCUT2D eigenvalue weighted by Crippen LogP contribution is 2.23. The number of hydrogen-bond donors (Lipinski definition) is 2. The molecule has 0 aromatic rings. The normalized spacial score (nSPS) is 11.1. The van der Waals surface area contributed by atoms with Gasteiger partial charge >= 0.3 is 5.97 Å². The quantitative estimate of drug-likeness (QED) is 0.579. The van der Waals surface area contributed by atoms with E-state index in [0.717, 1.165) is 0 Å². The minimum absolute atomic E-state index is 0.0504. The van der Waals surface area contributed by atoms with Gasteiger partial charge in [0.05, 0.1) is 5.41 Å². The summed E-state index contributed by atoms with van der Waals surface area (Å²) in [6.07, 6.45) is 1.50. The van der Waals surface area contributed by atoms with Crippen molar-refractivity contribution in [2.75, 3.05) is 0 Å². The topological polar surface area (TPSA) is 66.4 Å². The van der Waals surface area contributed by atoms with Gasteiger partial charge in [0.2, 0.25) is 5.91 Å². The number of carboxylic acids is 1. The van der Waals surface area contributed by atoms with Crippen molar-refractivity contribution in [1.29, 1.82) is 0 Å². The summed E-state index contributed by atoms with van der Waals surface area (Å²) in [5.74, 6) is -0.869. The zero-order valence-electron chi connectivity index (χ0n) is 8.17. The summed E-state index contributed by atoms with van der Waals surface area (Å²) in [5, 5.41) is 8.80. The van der Waals surface area contributed by atoms with Gasteiger partial charge < -0.3 is 5.11 Å². The molecule has 0 fully saturated rings. The molecule has 0 aliphatic carbocycles. The standard InChI is InChI=1S/C8H14INO3S/c1-8(2,7(12)13)5-3-4-6(11)10-14-9/h3-5H2,1-2H3,(H,10,11)(H,12,13). The van der Waals surface area contributed by atoms with E-state index in [0.29, 0.717) is 19.3 Å². The molecule has 0 radical (unpaired) electrons. The minimum atomic E-state index is -0.818. The first-order valence-corrected chi connectivity index (χ1v) is 7.56. The Kier molecular flexibility index (Phi) is 6.50. The molecular weight excluding hydrogens is 317 g/mol. The molecule has 6 heteroatoms. The van der Waals surface area contributed by atoms with Gasteiger partial charge in [-0.05, 0) is 26.7 Å². The molecule has 4 nitrogen and oxygen atoms in total. The molecule has 0 rings (SSSR count). The van der Waals surface area contributed by atoms with Crippen LogP contribution < -0.4 is 4.72 Å². The molecule has 0 aliphatic rings. The van der Waals surface area contributed by atoms with Crippen LogP contribution in [-0.2, 0) is 9.59 Å². The van der Waals surface area contributed by atoms with Crippen LogP contribution in [0.1, 0.15) is 33.1 Å². The molecule has 0 spiro atoms. The molecule has 0 aromatic heterocycles. The highest BCUT2D eigenvalue weighted by molar-refractivity contribution is 14.2. The molecule has 0 heterocycles. The van der Waals surface area contributed by atoms with Crippen LogP contribution in [0.5, 0.6) is 0 Å². The number of carboxylic acid groups (broad SMARTS) is 1. The Morgan fingerprint density at radius 2 is 2.07 bits per heavy atom. The molecule has 1 amide bonds. The van der Waals surface area contributed by atoms with Gasteiger partial charge in [0.25, 0.3) is 0 Å².